The molecule has 1 aromatic carbocycles. The minimum atomic E-state index is 0.130. The van der Waals surface area contributed by atoms with Crippen molar-refractivity contribution in [2.24, 2.45) is 5.92 Å². The highest BCUT2D eigenvalue weighted by Gasteiger charge is 2.28. The Balaban J connectivity index is 1.56. The highest BCUT2D eigenvalue weighted by Crippen LogP contribution is 2.18. The number of urea groups is 1. The Morgan fingerprint density at radius 3 is 2.42 bits per heavy atom. The molecule has 2 amide bonds. The molecule has 1 N–H and O–H groups in total. The molecule has 5 nitrogen and oxygen atoms in total. The molecule has 0 radical (unpaired) electrons. The van der Waals surface area contributed by atoms with Crippen molar-refractivity contribution in [2.45, 2.75) is 31.7 Å². The number of hydrogen-bond donors (Lipinski definition) is 1. The fraction of sp³-hybridized carbons (Fsp3) is 0.667. The van der Waals surface area contributed by atoms with Crippen LogP contribution in [0, 0.1) is 5.92 Å². The second-order valence-electron chi connectivity index (χ2n) is 8.07. The van der Waals surface area contributed by atoms with Gasteiger partial charge in [-0.2, -0.15) is 0 Å². The lowest BCUT2D eigenvalue weighted by molar-refractivity contribution is 0.131. The lowest BCUT2D eigenvalue weighted by Crippen LogP contribution is -2.51. The van der Waals surface area contributed by atoms with E-state index < -0.39 is 0 Å². The van der Waals surface area contributed by atoms with Crippen molar-refractivity contribution in [1.82, 2.24) is 20.0 Å². The first-order chi connectivity index (χ1) is 12.6. The third-order valence-corrected chi connectivity index (χ3v) is 5.90. The number of nitrogens with zero attached hydrogens (tertiary/aromatic N) is 3. The van der Waals surface area contributed by atoms with E-state index in [9.17, 15) is 4.79 Å². The molecule has 0 unspecified atom stereocenters. The van der Waals surface area contributed by atoms with Crippen LogP contribution in [0.3, 0.4) is 0 Å². The molecule has 0 spiro atoms. The minimum absolute atomic E-state index is 0.130. The van der Waals surface area contributed by atoms with Crippen LogP contribution in [0.25, 0.3) is 0 Å². The zero-order valence-corrected chi connectivity index (χ0v) is 16.4. The Kier molecular flexibility index (Phi) is 6.92. The molecule has 26 heavy (non-hydrogen) atoms. The molecule has 2 saturated heterocycles. The average molecular weight is 359 g/mol. The molecular formula is C21H34N4O. The van der Waals surface area contributed by atoms with Crippen LogP contribution in [0.2, 0.25) is 0 Å². The molecule has 0 saturated carbocycles. The Morgan fingerprint density at radius 1 is 1.08 bits per heavy atom. The summed E-state index contributed by atoms with van der Waals surface area (Å²) >= 11 is 0. The van der Waals surface area contributed by atoms with Gasteiger partial charge in [0.15, 0.2) is 0 Å². The molecule has 1 aromatic rings. The van der Waals surface area contributed by atoms with Crippen LogP contribution < -0.4 is 5.32 Å². The van der Waals surface area contributed by atoms with Crippen molar-refractivity contribution >= 4 is 6.03 Å². The van der Waals surface area contributed by atoms with Crippen LogP contribution in [0.4, 0.5) is 4.79 Å². The Labute approximate surface area is 158 Å². The first-order valence-electron chi connectivity index (χ1n) is 10.1. The van der Waals surface area contributed by atoms with Gasteiger partial charge in [0.1, 0.15) is 0 Å². The fourth-order valence-corrected chi connectivity index (χ4v) is 4.18. The third kappa shape index (κ3) is 5.45. The molecule has 0 bridgehead atoms. The van der Waals surface area contributed by atoms with Crippen molar-refractivity contribution in [3.8, 4) is 0 Å². The molecule has 2 heterocycles. The first-order valence-corrected chi connectivity index (χ1v) is 10.1. The minimum Gasteiger partial charge on any atom is -0.338 e. The quantitative estimate of drug-likeness (QED) is 0.848. The van der Waals surface area contributed by atoms with Crippen molar-refractivity contribution in [3.05, 3.63) is 35.9 Å². The van der Waals surface area contributed by atoms with E-state index >= 15 is 0 Å². The fourth-order valence-electron chi connectivity index (χ4n) is 4.18. The second-order valence-corrected chi connectivity index (χ2v) is 8.07. The number of likely N-dealkylation sites (tertiary alicyclic amines) is 2. The Bertz CT molecular complexity index is 556. The van der Waals surface area contributed by atoms with Gasteiger partial charge in [0.25, 0.3) is 0 Å². The van der Waals surface area contributed by atoms with E-state index in [0.717, 1.165) is 58.5 Å². The summed E-state index contributed by atoms with van der Waals surface area (Å²) in [5.74, 6) is 0.595. The summed E-state index contributed by atoms with van der Waals surface area (Å²) in [4.78, 5) is 19.8. The molecule has 0 aromatic heterocycles. The zero-order chi connectivity index (χ0) is 18.4. The van der Waals surface area contributed by atoms with Gasteiger partial charge in [-0.25, -0.2) is 4.79 Å². The molecule has 5 heteroatoms. The predicted octanol–water partition coefficient (Wildman–Crippen LogP) is 2.29. The van der Waals surface area contributed by atoms with Crippen molar-refractivity contribution < 1.29 is 4.79 Å². The summed E-state index contributed by atoms with van der Waals surface area (Å²) in [6.07, 6.45) is 4.26. The van der Waals surface area contributed by atoms with Crippen molar-refractivity contribution in [3.63, 3.8) is 0 Å². The normalized spacial score (nSPS) is 22.5. The molecule has 2 fully saturated rings. The van der Waals surface area contributed by atoms with E-state index in [1.54, 1.807) is 0 Å². The van der Waals surface area contributed by atoms with Gasteiger partial charge >= 0.3 is 6.03 Å². The summed E-state index contributed by atoms with van der Waals surface area (Å²) in [7, 11) is 4.33. The van der Waals surface area contributed by atoms with Gasteiger partial charge in [-0.05, 0) is 70.9 Å². The molecular weight excluding hydrogens is 324 g/mol. The molecule has 3 rings (SSSR count). The van der Waals surface area contributed by atoms with Gasteiger partial charge in [-0.15, -0.1) is 0 Å². The Morgan fingerprint density at radius 2 is 1.77 bits per heavy atom. The molecule has 2 aliphatic heterocycles. The maximum absolute atomic E-state index is 13.0. The van der Waals surface area contributed by atoms with Crippen LogP contribution in [0.1, 0.15) is 24.8 Å². The van der Waals surface area contributed by atoms with Crippen LogP contribution in [-0.4, -0.2) is 80.1 Å². The van der Waals surface area contributed by atoms with Crippen molar-refractivity contribution in [1.29, 1.82) is 0 Å². The summed E-state index contributed by atoms with van der Waals surface area (Å²) in [5.41, 5.74) is 1.30. The van der Waals surface area contributed by atoms with E-state index in [1.165, 1.54) is 12.0 Å². The number of nitrogens with one attached hydrogen (secondary N) is 1. The third-order valence-electron chi connectivity index (χ3n) is 5.90. The number of amides is 2. The summed E-state index contributed by atoms with van der Waals surface area (Å²) in [5, 5.41) is 3.24. The number of carbonyl (C=O) groups is 1. The SMILES string of the molecule is CN1CCC(N(CCc2ccccc2)C(=O)NC[C@H]2CCN(C)C2)CC1. The predicted molar refractivity (Wildman–Crippen MR) is 106 cm³/mol. The zero-order valence-electron chi connectivity index (χ0n) is 16.4. The standard InChI is InChI=1S/C21H34N4O/c1-23-13-10-20(11-14-23)25(15-9-18-6-4-3-5-7-18)21(26)22-16-19-8-12-24(2)17-19/h3-7,19-20H,8-17H2,1-2H3,(H,22,26)/t19-/m1/s1. The number of benzene rings is 1. The van der Waals surface area contributed by atoms with Gasteiger partial charge in [0.05, 0.1) is 0 Å². The van der Waals surface area contributed by atoms with Crippen molar-refractivity contribution in [2.75, 3.05) is 53.4 Å². The molecule has 1 atom stereocenters. The number of hydrogen-bond acceptors (Lipinski definition) is 3. The topological polar surface area (TPSA) is 38.8 Å². The molecule has 2 aliphatic rings. The molecule has 144 valence electrons. The van der Waals surface area contributed by atoms with Gasteiger partial charge in [0, 0.05) is 25.7 Å². The lowest BCUT2D eigenvalue weighted by Gasteiger charge is -2.37. The second kappa shape index (κ2) is 9.38. The highest BCUT2D eigenvalue weighted by atomic mass is 16.2. The van der Waals surface area contributed by atoms with Crippen LogP contribution in [-0.2, 0) is 6.42 Å². The first kappa shape index (κ1) is 19.2. The van der Waals surface area contributed by atoms with E-state index in [0.29, 0.717) is 12.0 Å². The Hall–Kier alpha value is -1.59. The van der Waals surface area contributed by atoms with Crippen LogP contribution in [0.5, 0.6) is 0 Å². The maximum Gasteiger partial charge on any atom is 0.317 e. The monoisotopic (exact) mass is 358 g/mol. The summed E-state index contributed by atoms with van der Waals surface area (Å²) in [6, 6.07) is 11.0. The van der Waals surface area contributed by atoms with E-state index in [-0.39, 0.29) is 6.03 Å². The summed E-state index contributed by atoms with van der Waals surface area (Å²) < 4.78 is 0. The smallest absolute Gasteiger partial charge is 0.317 e. The van der Waals surface area contributed by atoms with Gasteiger partial charge in [-0.3, -0.25) is 0 Å². The average Bonchev–Trinajstić information content (AvgIpc) is 3.08. The number of rotatable bonds is 6. The molecule has 0 aliphatic carbocycles. The van der Waals surface area contributed by atoms with Crippen LogP contribution in [0.15, 0.2) is 30.3 Å². The largest absolute Gasteiger partial charge is 0.338 e. The highest BCUT2D eigenvalue weighted by molar-refractivity contribution is 5.74. The van der Waals surface area contributed by atoms with E-state index in [2.05, 4.69) is 58.4 Å². The van der Waals surface area contributed by atoms with Crippen LogP contribution >= 0.6 is 0 Å². The van der Waals surface area contributed by atoms with Gasteiger partial charge < -0.3 is 20.0 Å². The number of piperidine rings is 1. The van der Waals surface area contributed by atoms with E-state index in [4.69, 9.17) is 0 Å². The number of carbonyl (C=O) groups excluding carboxylic acids is 1. The maximum atomic E-state index is 13.0. The van der Waals surface area contributed by atoms with Gasteiger partial charge in [0.2, 0.25) is 0 Å². The van der Waals surface area contributed by atoms with E-state index in [1.807, 2.05) is 6.07 Å². The summed E-state index contributed by atoms with van der Waals surface area (Å²) in [6.45, 7) is 6.00. The lowest BCUT2D eigenvalue weighted by atomic mass is 10.0. The van der Waals surface area contributed by atoms with Gasteiger partial charge in [-0.1, -0.05) is 30.3 Å².